The lowest BCUT2D eigenvalue weighted by molar-refractivity contribution is -0.391. The van der Waals surface area contributed by atoms with Crippen molar-refractivity contribution in [3.63, 3.8) is 0 Å². The maximum absolute atomic E-state index is 11.3. The molecule has 2 rings (SSSR count). The van der Waals surface area contributed by atoms with E-state index in [1.54, 1.807) is 10.6 Å². The van der Waals surface area contributed by atoms with Gasteiger partial charge in [-0.15, -0.1) is 0 Å². The lowest BCUT2D eigenvalue weighted by Gasteiger charge is -2.30. The molecule has 110 valence electrons. The molecule has 1 N–H and O–H groups in total. The van der Waals surface area contributed by atoms with Crippen molar-refractivity contribution in [2.75, 3.05) is 6.54 Å². The van der Waals surface area contributed by atoms with E-state index in [0.29, 0.717) is 17.1 Å². The van der Waals surface area contributed by atoms with Gasteiger partial charge in [0.25, 0.3) is 4.96 Å². The van der Waals surface area contributed by atoms with E-state index < -0.39 is 0 Å². The van der Waals surface area contributed by atoms with Crippen LogP contribution in [0.15, 0.2) is 11.6 Å². The van der Waals surface area contributed by atoms with Gasteiger partial charge in [0.2, 0.25) is 0 Å². The number of likely N-dealkylation sites (N-methyl/N-ethyl adjacent to an activating group) is 1. The van der Waals surface area contributed by atoms with Gasteiger partial charge in [-0.1, -0.05) is 39.0 Å². The van der Waals surface area contributed by atoms with Crippen molar-refractivity contribution in [1.29, 1.82) is 0 Å². The molecular formula is C13H20N4O2S. The summed E-state index contributed by atoms with van der Waals surface area (Å²) in [4.78, 5) is 16.1. The Morgan fingerprint density at radius 1 is 1.55 bits per heavy atom. The Bertz CT molecular complexity index is 611. The Balaban J connectivity index is 2.39. The molecule has 0 aliphatic rings. The molecule has 1 unspecified atom stereocenters. The van der Waals surface area contributed by atoms with Crippen LogP contribution in [-0.4, -0.2) is 26.9 Å². The number of nitrogens with zero attached hydrogens (tertiary/aromatic N) is 3. The van der Waals surface area contributed by atoms with E-state index >= 15 is 0 Å². The smallest absolute Gasteiger partial charge is 0.351 e. The first-order chi connectivity index (χ1) is 9.34. The summed E-state index contributed by atoms with van der Waals surface area (Å²) in [6.45, 7) is 9.26. The van der Waals surface area contributed by atoms with Crippen molar-refractivity contribution in [3.8, 4) is 0 Å². The number of fused-ring (bicyclic) bond motifs is 1. The number of thiazole rings is 1. The minimum Gasteiger partial charge on any atom is -0.358 e. The molecule has 0 saturated carbocycles. The highest BCUT2D eigenvalue weighted by Crippen LogP contribution is 2.28. The van der Waals surface area contributed by atoms with E-state index in [0.717, 1.165) is 6.54 Å². The van der Waals surface area contributed by atoms with Crippen LogP contribution in [0, 0.1) is 15.5 Å². The summed E-state index contributed by atoms with van der Waals surface area (Å²) in [5.41, 5.74) is 0.573. The molecule has 2 heterocycles. The normalized spacial score (nSPS) is 13.8. The monoisotopic (exact) mass is 296 g/mol. The number of aromatic nitrogens is 2. The predicted octanol–water partition coefficient (Wildman–Crippen LogP) is 2.87. The molecule has 0 fully saturated rings. The third-order valence-electron chi connectivity index (χ3n) is 3.37. The molecule has 1 atom stereocenters. The Kier molecular flexibility index (Phi) is 4.10. The van der Waals surface area contributed by atoms with Crippen LogP contribution in [0.2, 0.25) is 0 Å². The van der Waals surface area contributed by atoms with Crippen molar-refractivity contribution in [2.45, 2.75) is 40.2 Å². The molecule has 20 heavy (non-hydrogen) atoms. The van der Waals surface area contributed by atoms with Gasteiger partial charge >= 0.3 is 5.82 Å². The lowest BCUT2D eigenvalue weighted by Crippen LogP contribution is -2.42. The Morgan fingerprint density at radius 2 is 2.25 bits per heavy atom. The number of imidazole rings is 1. The zero-order chi connectivity index (χ0) is 14.9. The van der Waals surface area contributed by atoms with Crippen LogP contribution in [0.3, 0.4) is 0 Å². The fraction of sp³-hybridized carbons (Fsp3) is 0.615. The van der Waals surface area contributed by atoms with Gasteiger partial charge in [-0.25, -0.2) is 0 Å². The van der Waals surface area contributed by atoms with Crippen molar-refractivity contribution < 1.29 is 4.92 Å². The number of hydrogen-bond acceptors (Lipinski definition) is 5. The van der Waals surface area contributed by atoms with E-state index in [1.807, 2.05) is 12.3 Å². The summed E-state index contributed by atoms with van der Waals surface area (Å²) in [6.07, 6.45) is 2.26. The van der Waals surface area contributed by atoms with Crippen LogP contribution in [0.4, 0.5) is 5.82 Å². The molecule has 0 aromatic carbocycles. The van der Waals surface area contributed by atoms with Gasteiger partial charge in [-0.2, -0.15) is 9.38 Å². The Hall–Kier alpha value is -1.47. The Labute approximate surface area is 122 Å². The molecule has 2 aromatic heterocycles. The first-order valence-electron chi connectivity index (χ1n) is 6.66. The third kappa shape index (κ3) is 2.83. The maximum Gasteiger partial charge on any atom is 0.351 e. The molecule has 0 radical (unpaired) electrons. The number of rotatable bonds is 5. The lowest BCUT2D eigenvalue weighted by atomic mass is 9.84. The van der Waals surface area contributed by atoms with E-state index in [2.05, 4.69) is 31.1 Å². The van der Waals surface area contributed by atoms with E-state index in [9.17, 15) is 10.1 Å². The van der Waals surface area contributed by atoms with Gasteiger partial charge in [0.15, 0.2) is 0 Å². The molecule has 0 aliphatic heterocycles. The second kappa shape index (κ2) is 5.49. The van der Waals surface area contributed by atoms with Gasteiger partial charge in [0, 0.05) is 17.8 Å². The van der Waals surface area contributed by atoms with E-state index in [1.165, 1.54) is 11.3 Å². The van der Waals surface area contributed by atoms with Gasteiger partial charge < -0.3 is 15.4 Å². The van der Waals surface area contributed by atoms with Crippen LogP contribution in [0.5, 0.6) is 0 Å². The topological polar surface area (TPSA) is 72.5 Å². The van der Waals surface area contributed by atoms with Crippen LogP contribution in [0.25, 0.3) is 4.96 Å². The fourth-order valence-electron chi connectivity index (χ4n) is 2.27. The maximum atomic E-state index is 11.3. The second-order valence-electron chi connectivity index (χ2n) is 5.88. The SMILES string of the molecule is CCNC(Cc1nc2sccn2c1[N+](=O)[O-])C(C)(C)C. The molecular weight excluding hydrogens is 276 g/mol. The molecule has 0 amide bonds. The van der Waals surface area contributed by atoms with Crippen molar-refractivity contribution in [3.05, 3.63) is 27.4 Å². The van der Waals surface area contributed by atoms with Crippen molar-refractivity contribution >= 4 is 22.1 Å². The van der Waals surface area contributed by atoms with Crippen LogP contribution in [0.1, 0.15) is 33.4 Å². The second-order valence-corrected chi connectivity index (χ2v) is 6.75. The van der Waals surface area contributed by atoms with Gasteiger partial charge in [0.05, 0.1) is 0 Å². The van der Waals surface area contributed by atoms with Gasteiger partial charge in [-0.05, 0) is 16.9 Å². The zero-order valence-electron chi connectivity index (χ0n) is 12.2. The molecule has 0 bridgehead atoms. The fourth-order valence-corrected chi connectivity index (χ4v) is 3.00. The summed E-state index contributed by atoms with van der Waals surface area (Å²) in [7, 11) is 0. The van der Waals surface area contributed by atoms with Crippen molar-refractivity contribution in [1.82, 2.24) is 14.7 Å². The minimum absolute atomic E-state index is 0.0148. The molecule has 2 aromatic rings. The van der Waals surface area contributed by atoms with E-state index in [-0.39, 0.29) is 22.2 Å². The largest absolute Gasteiger partial charge is 0.358 e. The summed E-state index contributed by atoms with van der Waals surface area (Å²) in [5.74, 6) is 0.0911. The zero-order valence-corrected chi connectivity index (χ0v) is 13.0. The molecule has 0 spiro atoms. The number of hydrogen-bond donors (Lipinski definition) is 1. The first kappa shape index (κ1) is 14.9. The highest BCUT2D eigenvalue weighted by molar-refractivity contribution is 7.15. The highest BCUT2D eigenvalue weighted by atomic mass is 32.1. The first-order valence-corrected chi connectivity index (χ1v) is 7.54. The third-order valence-corrected chi connectivity index (χ3v) is 4.13. The number of nitro groups is 1. The standard InChI is InChI=1S/C13H20N4O2S/c1-5-14-10(13(2,3)4)8-9-11(17(18)19)16-6-7-20-12(16)15-9/h6-7,10,14H,5,8H2,1-4H3. The summed E-state index contributed by atoms with van der Waals surface area (Å²) < 4.78 is 1.56. The Morgan fingerprint density at radius 3 is 2.80 bits per heavy atom. The van der Waals surface area contributed by atoms with Gasteiger partial charge in [0.1, 0.15) is 11.9 Å². The van der Waals surface area contributed by atoms with Crippen LogP contribution >= 0.6 is 11.3 Å². The molecule has 0 aliphatic carbocycles. The molecule has 0 saturated heterocycles. The van der Waals surface area contributed by atoms with Gasteiger partial charge in [-0.3, -0.25) is 0 Å². The summed E-state index contributed by atoms with van der Waals surface area (Å²) in [6, 6.07) is 0.149. The average molecular weight is 296 g/mol. The van der Waals surface area contributed by atoms with Crippen LogP contribution < -0.4 is 5.32 Å². The van der Waals surface area contributed by atoms with E-state index in [4.69, 9.17) is 0 Å². The van der Waals surface area contributed by atoms with Crippen molar-refractivity contribution in [2.24, 2.45) is 5.41 Å². The average Bonchev–Trinajstić information content (AvgIpc) is 2.86. The highest BCUT2D eigenvalue weighted by Gasteiger charge is 2.30. The molecule has 7 heteroatoms. The summed E-state index contributed by atoms with van der Waals surface area (Å²) >= 11 is 1.41. The molecule has 6 nitrogen and oxygen atoms in total. The quantitative estimate of drug-likeness (QED) is 0.680. The minimum atomic E-state index is -0.340. The predicted molar refractivity (Wildman–Crippen MR) is 80.3 cm³/mol. The number of nitrogens with one attached hydrogen (secondary N) is 1. The van der Waals surface area contributed by atoms with Crippen LogP contribution in [-0.2, 0) is 6.42 Å². The summed E-state index contributed by atoms with van der Waals surface area (Å²) in [5, 5.41) is 16.5.